The molecule has 0 aliphatic rings. The molecule has 1 atom stereocenters. The fourth-order valence-corrected chi connectivity index (χ4v) is 0.209. The largest absolute Gasteiger partial charge is 0.388 e. The summed E-state index contributed by atoms with van der Waals surface area (Å²) in [5, 5.41) is 10.8. The molecule has 0 saturated heterocycles. The van der Waals surface area contributed by atoms with Crippen molar-refractivity contribution in [1.82, 2.24) is 5.32 Å². The van der Waals surface area contributed by atoms with Crippen molar-refractivity contribution in [2.75, 3.05) is 6.54 Å². The van der Waals surface area contributed by atoms with Gasteiger partial charge in [0.05, 0.1) is 6.13 Å². The zero-order chi connectivity index (χ0) is 4.99. The molecule has 6 heavy (non-hydrogen) atoms. The van der Waals surface area contributed by atoms with Gasteiger partial charge in [0.1, 0.15) is 7.85 Å². The van der Waals surface area contributed by atoms with E-state index in [0.717, 1.165) is 0 Å². The van der Waals surface area contributed by atoms with E-state index in [4.69, 9.17) is 13.0 Å². The van der Waals surface area contributed by atoms with Crippen molar-refractivity contribution in [3.05, 3.63) is 0 Å². The minimum atomic E-state index is -0.852. The molecular weight excluding hydrogens is 76.9 g/mol. The van der Waals surface area contributed by atoms with Gasteiger partial charge in [0.2, 0.25) is 0 Å². The molecular formula is C3H8BNO. The van der Waals surface area contributed by atoms with Crippen LogP contribution in [0, 0.1) is 0 Å². The van der Waals surface area contributed by atoms with Crippen LogP contribution in [-0.4, -0.2) is 25.6 Å². The minimum Gasteiger partial charge on any atom is -0.388 e. The van der Waals surface area contributed by atoms with E-state index in [9.17, 15) is 0 Å². The molecule has 0 spiro atoms. The molecule has 0 fully saturated rings. The Morgan fingerprint density at radius 3 is 2.50 bits per heavy atom. The summed E-state index contributed by atoms with van der Waals surface area (Å²) in [4.78, 5) is 0. The van der Waals surface area contributed by atoms with Crippen LogP contribution in [0.1, 0.15) is 6.92 Å². The van der Waals surface area contributed by atoms with Crippen LogP contribution in [0.15, 0.2) is 0 Å². The third kappa shape index (κ3) is 3.98. The van der Waals surface area contributed by atoms with E-state index in [2.05, 4.69) is 5.32 Å². The Bertz CT molecular complexity index is 32.0. The summed E-state index contributed by atoms with van der Waals surface area (Å²) < 4.78 is 0. The van der Waals surface area contributed by atoms with Gasteiger partial charge in [-0.1, -0.05) is 6.92 Å². The van der Waals surface area contributed by atoms with Crippen molar-refractivity contribution < 1.29 is 5.11 Å². The molecule has 34 valence electrons. The highest BCUT2D eigenvalue weighted by atomic mass is 16.3. The molecule has 0 aromatic rings. The second-order valence-corrected chi connectivity index (χ2v) is 1.00. The van der Waals surface area contributed by atoms with Crippen LogP contribution in [0.25, 0.3) is 0 Å². The molecule has 2 N–H and O–H groups in total. The Morgan fingerprint density at radius 1 is 2.00 bits per heavy atom. The number of aliphatic hydroxyl groups excluding tert-OH is 1. The van der Waals surface area contributed by atoms with Gasteiger partial charge >= 0.3 is 0 Å². The highest BCUT2D eigenvalue weighted by Crippen LogP contribution is 1.58. The van der Waals surface area contributed by atoms with Gasteiger partial charge in [0, 0.05) is 0 Å². The number of aliphatic hydroxyl groups is 1. The lowest BCUT2D eigenvalue weighted by molar-refractivity contribution is 0.220. The first-order chi connectivity index (χ1) is 2.77. The SMILES string of the molecule is [B]C(O)NCC. The first-order valence-electron chi connectivity index (χ1n) is 1.94. The van der Waals surface area contributed by atoms with Crippen LogP contribution >= 0.6 is 0 Å². The Balaban J connectivity index is 2.63. The Morgan fingerprint density at radius 2 is 2.50 bits per heavy atom. The summed E-state index contributed by atoms with van der Waals surface area (Å²) in [6, 6.07) is 0. The number of hydrogen-bond acceptors (Lipinski definition) is 2. The number of hydrogen-bond donors (Lipinski definition) is 2. The molecule has 3 heteroatoms. The van der Waals surface area contributed by atoms with E-state index in [1.165, 1.54) is 0 Å². The molecule has 0 aromatic heterocycles. The van der Waals surface area contributed by atoms with E-state index in [1.54, 1.807) is 0 Å². The second kappa shape index (κ2) is 3.19. The highest BCUT2D eigenvalue weighted by Gasteiger charge is 1.83. The Labute approximate surface area is 39.0 Å². The molecule has 0 aliphatic carbocycles. The average molecular weight is 84.9 g/mol. The molecule has 0 saturated carbocycles. The zero-order valence-electron chi connectivity index (χ0n) is 3.81. The lowest BCUT2D eigenvalue weighted by Crippen LogP contribution is -2.27. The third-order valence-corrected chi connectivity index (χ3v) is 0.413. The van der Waals surface area contributed by atoms with Crippen molar-refractivity contribution in [3.63, 3.8) is 0 Å². The van der Waals surface area contributed by atoms with Crippen molar-refractivity contribution in [2.24, 2.45) is 0 Å². The van der Waals surface area contributed by atoms with Gasteiger partial charge in [-0.25, -0.2) is 0 Å². The van der Waals surface area contributed by atoms with Crippen LogP contribution in [0.4, 0.5) is 0 Å². The van der Waals surface area contributed by atoms with Gasteiger partial charge in [0.15, 0.2) is 0 Å². The van der Waals surface area contributed by atoms with Gasteiger partial charge in [-0.05, 0) is 6.54 Å². The quantitative estimate of drug-likeness (QED) is 0.334. The van der Waals surface area contributed by atoms with Crippen molar-refractivity contribution >= 4 is 7.85 Å². The standard InChI is InChI=1S/C3H8BNO/c1-2-5-3(4)6/h3,5-6H,2H2,1H3. The molecule has 0 amide bonds. The lowest BCUT2D eigenvalue weighted by atomic mass is 10.1. The molecule has 0 aliphatic heterocycles. The lowest BCUT2D eigenvalue weighted by Gasteiger charge is -2.00. The summed E-state index contributed by atoms with van der Waals surface area (Å²) in [6.07, 6.45) is -0.852. The predicted molar refractivity (Wildman–Crippen MR) is 25.4 cm³/mol. The summed E-state index contributed by atoms with van der Waals surface area (Å²) in [7, 11) is 4.85. The fraction of sp³-hybridized carbons (Fsp3) is 1.00. The van der Waals surface area contributed by atoms with Gasteiger partial charge in [-0.15, -0.1) is 0 Å². The van der Waals surface area contributed by atoms with E-state index < -0.39 is 6.13 Å². The first-order valence-corrected chi connectivity index (χ1v) is 1.94. The van der Waals surface area contributed by atoms with Crippen molar-refractivity contribution in [2.45, 2.75) is 13.1 Å². The maximum atomic E-state index is 8.22. The number of nitrogens with one attached hydrogen (secondary N) is 1. The van der Waals surface area contributed by atoms with Crippen LogP contribution in [0.3, 0.4) is 0 Å². The van der Waals surface area contributed by atoms with E-state index >= 15 is 0 Å². The predicted octanol–water partition coefficient (Wildman–Crippen LogP) is -0.960. The average Bonchev–Trinajstić information content (AvgIpc) is 1.35. The molecule has 0 aromatic carbocycles. The zero-order valence-corrected chi connectivity index (χ0v) is 3.81. The smallest absolute Gasteiger partial charge is 0.130 e. The number of rotatable bonds is 2. The fourth-order valence-electron chi connectivity index (χ4n) is 0.209. The molecule has 2 radical (unpaired) electrons. The molecule has 0 heterocycles. The molecule has 0 bridgehead atoms. The normalized spacial score (nSPS) is 14.3. The van der Waals surface area contributed by atoms with Gasteiger partial charge in [0.25, 0.3) is 0 Å². The second-order valence-electron chi connectivity index (χ2n) is 1.00. The summed E-state index contributed by atoms with van der Waals surface area (Å²) >= 11 is 0. The molecule has 0 rings (SSSR count). The van der Waals surface area contributed by atoms with Crippen molar-refractivity contribution in [1.29, 1.82) is 0 Å². The highest BCUT2D eigenvalue weighted by molar-refractivity contribution is 6.10. The third-order valence-electron chi connectivity index (χ3n) is 0.413. The maximum Gasteiger partial charge on any atom is 0.130 e. The Kier molecular flexibility index (Phi) is 3.18. The molecule has 2 nitrogen and oxygen atoms in total. The summed E-state index contributed by atoms with van der Waals surface area (Å²) in [5.41, 5.74) is 0. The van der Waals surface area contributed by atoms with Gasteiger partial charge < -0.3 is 10.4 Å². The summed E-state index contributed by atoms with van der Waals surface area (Å²) in [6.45, 7) is 2.58. The minimum absolute atomic E-state index is 0.706. The Hall–Kier alpha value is -0.0151. The van der Waals surface area contributed by atoms with Crippen LogP contribution in [0.5, 0.6) is 0 Å². The van der Waals surface area contributed by atoms with Crippen LogP contribution in [0.2, 0.25) is 0 Å². The van der Waals surface area contributed by atoms with E-state index in [1.807, 2.05) is 6.92 Å². The summed E-state index contributed by atoms with van der Waals surface area (Å²) in [5.74, 6) is 0. The van der Waals surface area contributed by atoms with E-state index in [-0.39, 0.29) is 0 Å². The van der Waals surface area contributed by atoms with E-state index in [0.29, 0.717) is 6.54 Å². The van der Waals surface area contributed by atoms with Gasteiger partial charge in [-0.3, -0.25) is 0 Å². The van der Waals surface area contributed by atoms with Crippen LogP contribution < -0.4 is 5.32 Å². The first kappa shape index (κ1) is 5.98. The maximum absolute atomic E-state index is 8.22. The van der Waals surface area contributed by atoms with Crippen LogP contribution in [-0.2, 0) is 0 Å². The van der Waals surface area contributed by atoms with Crippen molar-refractivity contribution in [3.8, 4) is 0 Å². The topological polar surface area (TPSA) is 32.3 Å². The monoisotopic (exact) mass is 85.1 g/mol. The van der Waals surface area contributed by atoms with Gasteiger partial charge in [-0.2, -0.15) is 0 Å². The molecule has 1 unspecified atom stereocenters.